The van der Waals surface area contributed by atoms with E-state index in [1.807, 2.05) is 0 Å². The van der Waals surface area contributed by atoms with Gasteiger partial charge in [0.15, 0.2) is 11.5 Å². The van der Waals surface area contributed by atoms with Crippen molar-refractivity contribution in [1.29, 1.82) is 0 Å². The fourth-order valence-electron chi connectivity index (χ4n) is 2.17. The van der Waals surface area contributed by atoms with Crippen LogP contribution in [0.15, 0.2) is 41.5 Å². The first-order chi connectivity index (χ1) is 12.8. The van der Waals surface area contributed by atoms with Crippen LogP contribution < -0.4 is 14.9 Å². The molecule has 0 radical (unpaired) electrons. The molecule has 27 heavy (non-hydrogen) atoms. The van der Waals surface area contributed by atoms with Crippen LogP contribution in [-0.2, 0) is 6.18 Å². The Labute approximate surface area is 158 Å². The normalized spacial score (nSPS) is 11.5. The minimum absolute atomic E-state index is 0.163. The smallest absolute Gasteiger partial charge is 0.416 e. The lowest BCUT2D eigenvalue weighted by atomic mass is 10.1. The van der Waals surface area contributed by atoms with Gasteiger partial charge in [0.1, 0.15) is 0 Å². The number of alkyl halides is 3. The highest BCUT2D eigenvalue weighted by atomic mass is 35.5. The van der Waals surface area contributed by atoms with Crippen molar-refractivity contribution >= 4 is 23.7 Å². The number of hydrogen-bond acceptors (Lipinski definition) is 4. The lowest BCUT2D eigenvalue weighted by Crippen LogP contribution is -2.18. The molecule has 0 aliphatic heterocycles. The van der Waals surface area contributed by atoms with E-state index >= 15 is 0 Å². The zero-order valence-electron chi connectivity index (χ0n) is 14.4. The average Bonchev–Trinajstić information content (AvgIpc) is 2.63. The van der Waals surface area contributed by atoms with Crippen molar-refractivity contribution in [2.24, 2.45) is 5.10 Å². The molecule has 0 unspecified atom stereocenters. The molecule has 1 N–H and O–H groups in total. The zero-order valence-corrected chi connectivity index (χ0v) is 15.2. The molecule has 0 aromatic heterocycles. The monoisotopic (exact) mass is 400 g/mol. The van der Waals surface area contributed by atoms with Gasteiger partial charge in [-0.1, -0.05) is 17.7 Å². The van der Waals surface area contributed by atoms with Crippen molar-refractivity contribution in [2.75, 3.05) is 13.7 Å². The molecule has 0 saturated heterocycles. The van der Waals surface area contributed by atoms with Crippen molar-refractivity contribution in [3.05, 3.63) is 58.1 Å². The average molecular weight is 401 g/mol. The molecular weight excluding hydrogens is 385 g/mol. The number of carbonyl (C=O) groups is 1. The molecule has 0 bridgehead atoms. The van der Waals surface area contributed by atoms with Crippen LogP contribution in [0.3, 0.4) is 0 Å². The second-order valence-corrected chi connectivity index (χ2v) is 5.65. The van der Waals surface area contributed by atoms with E-state index in [-0.39, 0.29) is 5.56 Å². The summed E-state index contributed by atoms with van der Waals surface area (Å²) in [5, 5.41) is 4.03. The van der Waals surface area contributed by atoms with Crippen molar-refractivity contribution in [2.45, 2.75) is 13.1 Å². The Morgan fingerprint density at radius 3 is 2.67 bits per heavy atom. The number of halogens is 4. The third kappa shape index (κ3) is 5.37. The highest BCUT2D eigenvalue weighted by molar-refractivity contribution is 6.32. The molecule has 1 amide bonds. The summed E-state index contributed by atoms with van der Waals surface area (Å²) in [7, 11) is 1.45. The molecule has 9 heteroatoms. The first-order valence-electron chi connectivity index (χ1n) is 7.77. The summed E-state index contributed by atoms with van der Waals surface area (Å²) in [6.45, 7) is 2.20. The Balaban J connectivity index is 2.13. The number of nitrogens with zero attached hydrogens (tertiary/aromatic N) is 1. The highest BCUT2D eigenvalue weighted by Gasteiger charge is 2.30. The Morgan fingerprint density at radius 2 is 2.04 bits per heavy atom. The maximum Gasteiger partial charge on any atom is 0.416 e. The van der Waals surface area contributed by atoms with Gasteiger partial charge >= 0.3 is 6.18 Å². The maximum absolute atomic E-state index is 12.7. The van der Waals surface area contributed by atoms with Crippen LogP contribution in [0.4, 0.5) is 13.2 Å². The fourth-order valence-corrected chi connectivity index (χ4v) is 2.44. The minimum atomic E-state index is -4.53. The van der Waals surface area contributed by atoms with Gasteiger partial charge in [-0.05, 0) is 42.8 Å². The molecule has 0 saturated carbocycles. The molecule has 2 aromatic rings. The summed E-state index contributed by atoms with van der Waals surface area (Å²) in [4.78, 5) is 12.0. The van der Waals surface area contributed by atoms with E-state index in [4.69, 9.17) is 21.1 Å². The van der Waals surface area contributed by atoms with Crippen LogP contribution in [0, 0.1) is 0 Å². The molecule has 0 fully saturated rings. The third-order valence-electron chi connectivity index (χ3n) is 3.37. The SMILES string of the molecule is CCOc1c(Cl)cc(/C=N\NC(=O)c2cccc(C(F)(F)F)c2)cc1OC. The van der Waals surface area contributed by atoms with Crippen LogP contribution in [0.25, 0.3) is 0 Å². The lowest BCUT2D eigenvalue weighted by molar-refractivity contribution is -0.137. The first kappa shape index (κ1) is 20.6. The van der Waals surface area contributed by atoms with Gasteiger partial charge in [-0.2, -0.15) is 18.3 Å². The van der Waals surface area contributed by atoms with Gasteiger partial charge in [0.05, 0.1) is 30.5 Å². The molecule has 2 rings (SSSR count). The number of benzene rings is 2. The van der Waals surface area contributed by atoms with Gasteiger partial charge in [-0.25, -0.2) is 5.43 Å². The van der Waals surface area contributed by atoms with Crippen molar-refractivity contribution in [1.82, 2.24) is 5.43 Å². The number of hydrogen-bond donors (Lipinski definition) is 1. The Morgan fingerprint density at radius 1 is 1.30 bits per heavy atom. The Kier molecular flexibility index (Phi) is 6.68. The standard InChI is InChI=1S/C18H16ClF3N2O3/c1-3-27-16-14(19)7-11(8-15(16)26-2)10-23-24-17(25)12-5-4-6-13(9-12)18(20,21)22/h4-10H,3H2,1-2H3,(H,24,25)/b23-10-. The Bertz CT molecular complexity index is 854. The third-order valence-corrected chi connectivity index (χ3v) is 3.65. The highest BCUT2D eigenvalue weighted by Crippen LogP contribution is 2.36. The molecule has 0 aliphatic carbocycles. The number of rotatable bonds is 6. The molecule has 2 aromatic carbocycles. The zero-order chi connectivity index (χ0) is 20.0. The molecular formula is C18H16ClF3N2O3. The van der Waals surface area contributed by atoms with E-state index in [0.29, 0.717) is 28.7 Å². The second-order valence-electron chi connectivity index (χ2n) is 5.24. The summed E-state index contributed by atoms with van der Waals surface area (Å²) in [6, 6.07) is 7.19. The predicted molar refractivity (Wildman–Crippen MR) is 95.7 cm³/mol. The van der Waals surface area contributed by atoms with Crippen LogP contribution in [0.2, 0.25) is 5.02 Å². The van der Waals surface area contributed by atoms with Crippen LogP contribution in [-0.4, -0.2) is 25.8 Å². The Hall–Kier alpha value is -2.74. The molecule has 0 heterocycles. The largest absolute Gasteiger partial charge is 0.493 e. The number of nitrogens with one attached hydrogen (secondary N) is 1. The number of hydrazone groups is 1. The first-order valence-corrected chi connectivity index (χ1v) is 8.15. The van der Waals surface area contributed by atoms with E-state index in [1.165, 1.54) is 19.4 Å². The minimum Gasteiger partial charge on any atom is -0.493 e. The van der Waals surface area contributed by atoms with Crippen LogP contribution in [0.5, 0.6) is 11.5 Å². The second kappa shape index (κ2) is 8.77. The van der Waals surface area contributed by atoms with E-state index in [9.17, 15) is 18.0 Å². The molecule has 144 valence electrons. The number of methoxy groups -OCH3 is 1. The van der Waals surface area contributed by atoms with E-state index in [2.05, 4.69) is 10.5 Å². The number of ether oxygens (including phenoxy) is 2. The van der Waals surface area contributed by atoms with Gasteiger partial charge < -0.3 is 9.47 Å². The number of amides is 1. The van der Waals surface area contributed by atoms with E-state index in [0.717, 1.165) is 18.2 Å². The van der Waals surface area contributed by atoms with Gasteiger partial charge in [0, 0.05) is 5.56 Å². The van der Waals surface area contributed by atoms with Gasteiger partial charge in [-0.3, -0.25) is 4.79 Å². The number of carbonyl (C=O) groups excluding carboxylic acids is 1. The maximum atomic E-state index is 12.7. The molecule has 0 spiro atoms. The molecule has 5 nitrogen and oxygen atoms in total. The summed E-state index contributed by atoms with van der Waals surface area (Å²) in [6.07, 6.45) is -3.25. The van der Waals surface area contributed by atoms with Crippen molar-refractivity contribution < 1.29 is 27.4 Å². The van der Waals surface area contributed by atoms with Crippen molar-refractivity contribution in [3.63, 3.8) is 0 Å². The quantitative estimate of drug-likeness (QED) is 0.572. The topological polar surface area (TPSA) is 59.9 Å². The van der Waals surface area contributed by atoms with Gasteiger partial charge in [0.2, 0.25) is 0 Å². The van der Waals surface area contributed by atoms with E-state index in [1.54, 1.807) is 19.1 Å². The van der Waals surface area contributed by atoms with E-state index < -0.39 is 17.6 Å². The summed E-state index contributed by atoms with van der Waals surface area (Å²) >= 11 is 6.13. The van der Waals surface area contributed by atoms with Crippen molar-refractivity contribution in [3.8, 4) is 11.5 Å². The van der Waals surface area contributed by atoms with Crippen LogP contribution in [0.1, 0.15) is 28.4 Å². The summed E-state index contributed by atoms with van der Waals surface area (Å²) in [5.41, 5.74) is 1.60. The predicted octanol–water partition coefficient (Wildman–Crippen LogP) is 4.53. The summed E-state index contributed by atoms with van der Waals surface area (Å²) < 4.78 is 48.7. The van der Waals surface area contributed by atoms with Gasteiger partial charge in [-0.15, -0.1) is 0 Å². The molecule has 0 atom stereocenters. The lowest BCUT2D eigenvalue weighted by Gasteiger charge is -2.11. The summed E-state index contributed by atoms with van der Waals surface area (Å²) in [5.74, 6) is -0.0110. The van der Waals surface area contributed by atoms with Crippen LogP contribution >= 0.6 is 11.6 Å². The molecule has 0 aliphatic rings. The fraction of sp³-hybridized carbons (Fsp3) is 0.222. The van der Waals surface area contributed by atoms with Gasteiger partial charge in [0.25, 0.3) is 5.91 Å².